The van der Waals surface area contributed by atoms with E-state index in [-0.39, 0.29) is 18.7 Å². The van der Waals surface area contributed by atoms with Crippen molar-refractivity contribution in [3.8, 4) is 0 Å². The van der Waals surface area contributed by atoms with Crippen LogP contribution < -0.4 is 10.9 Å². The number of rotatable bonds is 4. The van der Waals surface area contributed by atoms with Crippen molar-refractivity contribution in [2.75, 3.05) is 5.32 Å². The Morgan fingerprint density at radius 3 is 2.62 bits per heavy atom. The third-order valence-electron chi connectivity index (χ3n) is 4.98. The van der Waals surface area contributed by atoms with Crippen molar-refractivity contribution in [2.24, 2.45) is 0 Å². The highest BCUT2D eigenvalue weighted by molar-refractivity contribution is 6.36. The van der Waals surface area contributed by atoms with Crippen LogP contribution in [-0.4, -0.2) is 5.91 Å². The summed E-state index contributed by atoms with van der Waals surface area (Å²) in [6, 6.07) is 8.52. The van der Waals surface area contributed by atoms with E-state index in [4.69, 9.17) is 32.0 Å². The number of carbonyl (C=O) groups excluding carboxylic acids is 1. The first-order valence-corrected chi connectivity index (χ1v) is 9.78. The summed E-state index contributed by atoms with van der Waals surface area (Å²) in [5.41, 5.74) is 3.45. The van der Waals surface area contributed by atoms with Crippen LogP contribution >= 0.6 is 23.2 Å². The summed E-state index contributed by atoms with van der Waals surface area (Å²) in [5, 5.41) is 5.38. The second kappa shape index (κ2) is 7.58. The standard InChI is InChI=1S/C22H17Cl2NO4/c1-11-10-28-19-9-20-16(8-15(11)19)12(2)14(22(27)29-20)4-6-21(26)25-18-5-3-13(23)7-17(18)24/h3,5,7-10H,4,6H2,1-2H3,(H,25,26). The van der Waals surface area contributed by atoms with Gasteiger partial charge >= 0.3 is 5.63 Å². The molecule has 4 aromatic rings. The van der Waals surface area contributed by atoms with Crippen molar-refractivity contribution in [1.82, 2.24) is 0 Å². The second-order valence-corrected chi connectivity index (χ2v) is 7.77. The number of carbonyl (C=O) groups is 1. The van der Waals surface area contributed by atoms with Crippen molar-refractivity contribution in [3.05, 3.63) is 73.8 Å². The first-order chi connectivity index (χ1) is 13.8. The third-order valence-corrected chi connectivity index (χ3v) is 5.53. The van der Waals surface area contributed by atoms with Gasteiger partial charge in [0.2, 0.25) is 5.91 Å². The van der Waals surface area contributed by atoms with Gasteiger partial charge in [-0.25, -0.2) is 4.79 Å². The lowest BCUT2D eigenvalue weighted by Crippen LogP contribution is -2.16. The number of amides is 1. The number of benzene rings is 2. The first kappa shape index (κ1) is 19.6. The predicted molar refractivity (Wildman–Crippen MR) is 115 cm³/mol. The van der Waals surface area contributed by atoms with E-state index in [0.29, 0.717) is 32.5 Å². The Hall–Kier alpha value is -2.76. The van der Waals surface area contributed by atoms with E-state index in [0.717, 1.165) is 21.9 Å². The van der Waals surface area contributed by atoms with Crippen LogP contribution in [0.5, 0.6) is 0 Å². The average molecular weight is 430 g/mol. The molecular weight excluding hydrogens is 413 g/mol. The van der Waals surface area contributed by atoms with Gasteiger partial charge in [-0.15, -0.1) is 0 Å². The van der Waals surface area contributed by atoms with Crippen molar-refractivity contribution in [1.29, 1.82) is 0 Å². The molecule has 0 radical (unpaired) electrons. The maximum absolute atomic E-state index is 12.5. The zero-order chi connectivity index (χ0) is 20.7. The zero-order valence-electron chi connectivity index (χ0n) is 15.8. The molecule has 5 nitrogen and oxygen atoms in total. The molecule has 2 heterocycles. The summed E-state index contributed by atoms with van der Waals surface area (Å²) in [6.45, 7) is 3.82. The Bertz CT molecular complexity index is 1320. The molecule has 29 heavy (non-hydrogen) atoms. The molecule has 0 atom stereocenters. The number of hydrogen-bond donors (Lipinski definition) is 1. The molecular formula is C22H17Cl2NO4. The van der Waals surface area contributed by atoms with Gasteiger partial charge in [-0.2, -0.15) is 0 Å². The number of anilines is 1. The van der Waals surface area contributed by atoms with Gasteiger partial charge in [0.25, 0.3) is 0 Å². The molecule has 0 saturated heterocycles. The predicted octanol–water partition coefficient (Wildman–Crippen LogP) is 6.03. The Morgan fingerprint density at radius 2 is 1.86 bits per heavy atom. The summed E-state index contributed by atoms with van der Waals surface area (Å²) >= 11 is 12.0. The average Bonchev–Trinajstić information content (AvgIpc) is 3.02. The number of aryl methyl sites for hydroxylation is 2. The molecule has 1 amide bonds. The van der Waals surface area contributed by atoms with Gasteiger partial charge in [-0.1, -0.05) is 23.2 Å². The summed E-state index contributed by atoms with van der Waals surface area (Å²) in [7, 11) is 0. The fourth-order valence-corrected chi connectivity index (χ4v) is 3.82. The van der Waals surface area contributed by atoms with Gasteiger partial charge in [-0.05, 0) is 55.7 Å². The molecule has 0 aliphatic carbocycles. The van der Waals surface area contributed by atoms with Crippen LogP contribution in [-0.2, 0) is 11.2 Å². The summed E-state index contributed by atoms with van der Waals surface area (Å²) in [4.78, 5) is 24.8. The van der Waals surface area contributed by atoms with Crippen molar-refractivity contribution in [2.45, 2.75) is 26.7 Å². The van der Waals surface area contributed by atoms with Crippen molar-refractivity contribution >= 4 is 56.7 Å². The maximum Gasteiger partial charge on any atom is 0.339 e. The molecule has 7 heteroatoms. The minimum Gasteiger partial charge on any atom is -0.464 e. The Balaban J connectivity index is 1.60. The molecule has 2 aromatic heterocycles. The first-order valence-electron chi connectivity index (χ1n) is 9.02. The molecule has 2 aromatic carbocycles. The molecule has 0 aliphatic heterocycles. The number of nitrogens with one attached hydrogen (secondary N) is 1. The minimum atomic E-state index is -0.449. The molecule has 0 unspecified atom stereocenters. The molecule has 4 rings (SSSR count). The van der Waals surface area contributed by atoms with Gasteiger partial charge in [0.05, 0.1) is 17.0 Å². The van der Waals surface area contributed by atoms with Crippen LogP contribution in [0.25, 0.3) is 21.9 Å². The summed E-state index contributed by atoms with van der Waals surface area (Å²) in [6.07, 6.45) is 2.04. The maximum atomic E-state index is 12.5. The van der Waals surface area contributed by atoms with Crippen LogP contribution in [0, 0.1) is 13.8 Å². The van der Waals surface area contributed by atoms with E-state index in [2.05, 4.69) is 5.32 Å². The minimum absolute atomic E-state index is 0.114. The summed E-state index contributed by atoms with van der Waals surface area (Å²) < 4.78 is 11.0. The molecule has 0 spiro atoms. The number of halogens is 2. The number of fused-ring (bicyclic) bond motifs is 2. The molecule has 0 saturated carbocycles. The normalized spacial score (nSPS) is 11.3. The van der Waals surface area contributed by atoms with E-state index < -0.39 is 5.63 Å². The van der Waals surface area contributed by atoms with E-state index in [9.17, 15) is 9.59 Å². The lowest BCUT2D eigenvalue weighted by Gasteiger charge is -2.09. The number of furan rings is 1. The molecule has 148 valence electrons. The fourth-order valence-electron chi connectivity index (χ4n) is 3.37. The van der Waals surface area contributed by atoms with Gasteiger partial charge in [0.1, 0.15) is 11.2 Å². The van der Waals surface area contributed by atoms with Crippen LogP contribution in [0.4, 0.5) is 5.69 Å². The van der Waals surface area contributed by atoms with E-state index in [1.807, 2.05) is 19.9 Å². The van der Waals surface area contributed by atoms with E-state index in [1.54, 1.807) is 30.5 Å². The van der Waals surface area contributed by atoms with Gasteiger partial charge in [0, 0.05) is 33.8 Å². The van der Waals surface area contributed by atoms with Crippen LogP contribution in [0.3, 0.4) is 0 Å². The van der Waals surface area contributed by atoms with E-state index >= 15 is 0 Å². The largest absolute Gasteiger partial charge is 0.464 e. The lowest BCUT2D eigenvalue weighted by molar-refractivity contribution is -0.116. The quantitative estimate of drug-likeness (QED) is 0.401. The highest BCUT2D eigenvalue weighted by Crippen LogP contribution is 2.29. The molecule has 0 fully saturated rings. The number of hydrogen-bond acceptors (Lipinski definition) is 4. The lowest BCUT2D eigenvalue weighted by atomic mass is 10.0. The molecule has 1 N–H and O–H groups in total. The van der Waals surface area contributed by atoms with Crippen LogP contribution in [0.2, 0.25) is 10.0 Å². The Kier molecular flexibility index (Phi) is 5.11. The van der Waals surface area contributed by atoms with Crippen LogP contribution in [0.15, 0.2) is 50.2 Å². The topological polar surface area (TPSA) is 72.5 Å². The fraction of sp³-hybridized carbons (Fsp3) is 0.182. The SMILES string of the molecule is Cc1coc2cc3oc(=O)c(CCC(=O)Nc4ccc(Cl)cc4Cl)c(C)c3cc12. The monoisotopic (exact) mass is 429 g/mol. The summed E-state index contributed by atoms with van der Waals surface area (Å²) in [5.74, 6) is -0.255. The van der Waals surface area contributed by atoms with Gasteiger partial charge in [0.15, 0.2) is 0 Å². The Labute approximate surface area is 176 Å². The van der Waals surface area contributed by atoms with Crippen molar-refractivity contribution in [3.63, 3.8) is 0 Å². The van der Waals surface area contributed by atoms with Gasteiger partial charge < -0.3 is 14.2 Å². The van der Waals surface area contributed by atoms with Crippen LogP contribution in [0.1, 0.15) is 23.1 Å². The highest BCUT2D eigenvalue weighted by atomic mass is 35.5. The molecule has 0 bridgehead atoms. The highest BCUT2D eigenvalue weighted by Gasteiger charge is 2.16. The second-order valence-electron chi connectivity index (χ2n) is 6.93. The Morgan fingerprint density at radius 1 is 1.07 bits per heavy atom. The zero-order valence-corrected chi connectivity index (χ0v) is 17.3. The van der Waals surface area contributed by atoms with Gasteiger partial charge in [-0.3, -0.25) is 4.79 Å². The smallest absolute Gasteiger partial charge is 0.339 e. The van der Waals surface area contributed by atoms with Crippen molar-refractivity contribution < 1.29 is 13.6 Å². The van der Waals surface area contributed by atoms with E-state index in [1.165, 1.54) is 0 Å². The third kappa shape index (κ3) is 3.76. The molecule has 0 aliphatic rings.